The molecule has 7 heteroatoms. The number of hydrogen-bond donors (Lipinski definition) is 2. The first-order chi connectivity index (χ1) is 9.74. The van der Waals surface area contributed by atoms with Gasteiger partial charge in [-0.3, -0.25) is 4.79 Å². The van der Waals surface area contributed by atoms with Crippen molar-refractivity contribution in [1.82, 2.24) is 5.32 Å². The molecule has 1 aromatic carbocycles. The second-order valence-corrected chi connectivity index (χ2v) is 6.56. The van der Waals surface area contributed by atoms with Gasteiger partial charge >= 0.3 is 6.09 Å². The molecule has 0 radical (unpaired) electrons. The number of alkyl carbamates (subject to hydrolysis) is 1. The van der Waals surface area contributed by atoms with Crippen LogP contribution in [0.25, 0.3) is 0 Å². The molecule has 0 saturated carbocycles. The Morgan fingerprint density at radius 1 is 1.48 bits per heavy atom. The lowest BCUT2D eigenvalue weighted by atomic mass is 10.2. The van der Waals surface area contributed by atoms with Gasteiger partial charge in [-0.05, 0) is 39.0 Å². The molecule has 1 aliphatic heterocycles. The van der Waals surface area contributed by atoms with Crippen LogP contribution in [0.1, 0.15) is 20.8 Å². The largest absolute Gasteiger partial charge is 0.489 e. The van der Waals surface area contributed by atoms with E-state index in [0.717, 1.165) is 4.47 Å². The molecule has 0 bridgehead atoms. The predicted octanol–water partition coefficient (Wildman–Crippen LogP) is 2.67. The maximum absolute atomic E-state index is 12.1. The van der Waals surface area contributed by atoms with E-state index in [1.807, 2.05) is 0 Å². The van der Waals surface area contributed by atoms with Crippen LogP contribution in [0.4, 0.5) is 10.5 Å². The SMILES string of the molecule is CC(C)(C)OC(=O)N[C@H]1COc2cc(Br)ccc2NC1=O. The van der Waals surface area contributed by atoms with Crippen molar-refractivity contribution in [3.05, 3.63) is 22.7 Å². The molecular formula is C14H17BrN2O4. The zero-order valence-corrected chi connectivity index (χ0v) is 13.6. The molecule has 6 nitrogen and oxygen atoms in total. The summed E-state index contributed by atoms with van der Waals surface area (Å²) < 4.78 is 11.5. The third-order valence-corrected chi connectivity index (χ3v) is 3.11. The summed E-state index contributed by atoms with van der Waals surface area (Å²) >= 11 is 3.34. The van der Waals surface area contributed by atoms with Crippen molar-refractivity contribution in [2.75, 3.05) is 11.9 Å². The quantitative estimate of drug-likeness (QED) is 0.810. The lowest BCUT2D eigenvalue weighted by molar-refractivity contribution is -0.118. The van der Waals surface area contributed by atoms with Gasteiger partial charge in [-0.1, -0.05) is 15.9 Å². The molecule has 0 spiro atoms. The van der Waals surface area contributed by atoms with Crippen LogP contribution in [0.2, 0.25) is 0 Å². The highest BCUT2D eigenvalue weighted by molar-refractivity contribution is 9.10. The van der Waals surface area contributed by atoms with Crippen molar-refractivity contribution < 1.29 is 19.1 Å². The zero-order valence-electron chi connectivity index (χ0n) is 12.0. The molecule has 2 amide bonds. The van der Waals surface area contributed by atoms with E-state index in [9.17, 15) is 9.59 Å². The Kier molecular flexibility index (Phi) is 4.41. The molecule has 2 rings (SSSR count). The van der Waals surface area contributed by atoms with Crippen molar-refractivity contribution in [2.24, 2.45) is 0 Å². The van der Waals surface area contributed by atoms with Gasteiger partial charge in [-0.2, -0.15) is 0 Å². The fourth-order valence-electron chi connectivity index (χ4n) is 1.74. The van der Waals surface area contributed by atoms with Gasteiger partial charge in [0.15, 0.2) is 0 Å². The Hall–Kier alpha value is -1.76. The summed E-state index contributed by atoms with van der Waals surface area (Å²) in [4.78, 5) is 23.8. The Balaban J connectivity index is 2.05. The molecule has 114 valence electrons. The van der Waals surface area contributed by atoms with E-state index in [1.54, 1.807) is 39.0 Å². The summed E-state index contributed by atoms with van der Waals surface area (Å²) in [7, 11) is 0. The molecule has 2 N–H and O–H groups in total. The average molecular weight is 357 g/mol. The lowest BCUT2D eigenvalue weighted by Gasteiger charge is -2.22. The number of benzene rings is 1. The molecule has 1 heterocycles. The van der Waals surface area contributed by atoms with Gasteiger partial charge < -0.3 is 20.1 Å². The smallest absolute Gasteiger partial charge is 0.408 e. The number of ether oxygens (including phenoxy) is 2. The Morgan fingerprint density at radius 3 is 2.86 bits per heavy atom. The highest BCUT2D eigenvalue weighted by Crippen LogP contribution is 2.30. The number of anilines is 1. The number of fused-ring (bicyclic) bond motifs is 1. The van der Waals surface area contributed by atoms with Crippen LogP contribution in [0.15, 0.2) is 22.7 Å². The molecule has 1 aromatic rings. The topological polar surface area (TPSA) is 76.7 Å². The minimum atomic E-state index is -0.814. The van der Waals surface area contributed by atoms with Crippen LogP contribution in [0.5, 0.6) is 5.75 Å². The maximum Gasteiger partial charge on any atom is 0.408 e. The Labute approximate surface area is 131 Å². The van der Waals surface area contributed by atoms with Crippen molar-refractivity contribution >= 4 is 33.6 Å². The summed E-state index contributed by atoms with van der Waals surface area (Å²) in [6.07, 6.45) is -0.654. The highest BCUT2D eigenvalue weighted by Gasteiger charge is 2.28. The summed E-state index contributed by atoms with van der Waals surface area (Å²) in [5, 5.41) is 5.22. The number of halogens is 1. The maximum atomic E-state index is 12.1. The molecular weight excluding hydrogens is 340 g/mol. The standard InChI is InChI=1S/C14H17BrN2O4/c1-14(2,3)21-13(19)17-10-7-20-11-6-8(15)4-5-9(11)16-12(10)18/h4-6,10H,7H2,1-3H3,(H,16,18)(H,17,19)/t10-/m0/s1. The number of nitrogens with one attached hydrogen (secondary N) is 2. The number of carbonyl (C=O) groups is 2. The van der Waals surface area contributed by atoms with Gasteiger partial charge in [-0.15, -0.1) is 0 Å². The van der Waals surface area contributed by atoms with Gasteiger partial charge in [0.1, 0.15) is 24.0 Å². The van der Waals surface area contributed by atoms with E-state index in [1.165, 1.54) is 0 Å². The second-order valence-electron chi connectivity index (χ2n) is 5.64. The van der Waals surface area contributed by atoms with Gasteiger partial charge in [0.25, 0.3) is 5.91 Å². The number of amides is 2. The first-order valence-electron chi connectivity index (χ1n) is 6.47. The van der Waals surface area contributed by atoms with E-state index in [-0.39, 0.29) is 12.5 Å². The number of hydrogen-bond acceptors (Lipinski definition) is 4. The highest BCUT2D eigenvalue weighted by atomic mass is 79.9. The summed E-state index contributed by atoms with van der Waals surface area (Å²) in [5.74, 6) is 0.202. The van der Waals surface area contributed by atoms with E-state index in [4.69, 9.17) is 9.47 Å². The first kappa shape index (κ1) is 15.6. The van der Waals surface area contributed by atoms with Gasteiger partial charge in [-0.25, -0.2) is 4.79 Å². The number of carbonyl (C=O) groups excluding carboxylic acids is 2. The van der Waals surface area contributed by atoms with Crippen molar-refractivity contribution in [1.29, 1.82) is 0 Å². The van der Waals surface area contributed by atoms with Crippen LogP contribution in [-0.4, -0.2) is 30.3 Å². The first-order valence-corrected chi connectivity index (χ1v) is 7.26. The molecule has 0 aliphatic carbocycles. The zero-order chi connectivity index (χ0) is 15.6. The summed E-state index contributed by atoms with van der Waals surface area (Å²) in [6.45, 7) is 5.30. The van der Waals surface area contributed by atoms with Crippen molar-refractivity contribution in [2.45, 2.75) is 32.4 Å². The van der Waals surface area contributed by atoms with Crippen LogP contribution in [0, 0.1) is 0 Å². The molecule has 1 aliphatic rings. The molecule has 0 fully saturated rings. The van der Waals surface area contributed by atoms with E-state index in [2.05, 4.69) is 26.6 Å². The molecule has 0 unspecified atom stereocenters. The van der Waals surface area contributed by atoms with Gasteiger partial charge in [0.2, 0.25) is 0 Å². The second kappa shape index (κ2) is 5.93. The Bertz CT molecular complexity index is 569. The van der Waals surface area contributed by atoms with Crippen LogP contribution < -0.4 is 15.4 Å². The normalized spacial score (nSPS) is 17.9. The molecule has 0 aromatic heterocycles. The lowest BCUT2D eigenvalue weighted by Crippen LogP contribution is -2.48. The predicted molar refractivity (Wildman–Crippen MR) is 81.4 cm³/mol. The van der Waals surface area contributed by atoms with Crippen LogP contribution in [0.3, 0.4) is 0 Å². The van der Waals surface area contributed by atoms with Gasteiger partial charge in [0.05, 0.1) is 5.69 Å². The summed E-state index contributed by atoms with van der Waals surface area (Å²) in [5.41, 5.74) is -0.0586. The Morgan fingerprint density at radius 2 is 2.19 bits per heavy atom. The third kappa shape index (κ3) is 4.35. The van der Waals surface area contributed by atoms with E-state index < -0.39 is 17.7 Å². The van der Waals surface area contributed by atoms with Crippen molar-refractivity contribution in [3.8, 4) is 5.75 Å². The van der Waals surface area contributed by atoms with E-state index in [0.29, 0.717) is 11.4 Å². The van der Waals surface area contributed by atoms with Crippen LogP contribution in [-0.2, 0) is 9.53 Å². The molecule has 0 saturated heterocycles. The fraction of sp³-hybridized carbons (Fsp3) is 0.429. The summed E-state index contributed by atoms with van der Waals surface area (Å²) in [6, 6.07) is 4.47. The molecule has 21 heavy (non-hydrogen) atoms. The van der Waals surface area contributed by atoms with Gasteiger partial charge in [0, 0.05) is 4.47 Å². The molecule has 1 atom stereocenters. The van der Waals surface area contributed by atoms with E-state index >= 15 is 0 Å². The minimum Gasteiger partial charge on any atom is -0.489 e. The van der Waals surface area contributed by atoms with Crippen LogP contribution >= 0.6 is 15.9 Å². The third-order valence-electron chi connectivity index (χ3n) is 2.61. The van der Waals surface area contributed by atoms with Crippen molar-refractivity contribution in [3.63, 3.8) is 0 Å². The number of rotatable bonds is 1. The monoisotopic (exact) mass is 356 g/mol. The minimum absolute atomic E-state index is 0.0362. The fourth-order valence-corrected chi connectivity index (χ4v) is 2.08. The average Bonchev–Trinajstić information content (AvgIpc) is 2.48.